The Labute approximate surface area is 108 Å². The molecule has 0 bridgehead atoms. The molecule has 1 saturated heterocycles. The van der Waals surface area contributed by atoms with Crippen molar-refractivity contribution in [3.8, 4) is 0 Å². The van der Waals surface area contributed by atoms with Crippen molar-refractivity contribution in [1.29, 1.82) is 0 Å². The van der Waals surface area contributed by atoms with E-state index >= 15 is 0 Å². The lowest BCUT2D eigenvalue weighted by molar-refractivity contribution is 0.262. The van der Waals surface area contributed by atoms with Crippen molar-refractivity contribution in [3.63, 3.8) is 0 Å². The Balaban J connectivity index is 2.06. The first-order valence-electron chi connectivity index (χ1n) is 7.61. The first-order valence-corrected chi connectivity index (χ1v) is 7.61. The monoisotopic (exact) mass is 240 g/mol. The van der Waals surface area contributed by atoms with E-state index in [1.165, 1.54) is 51.7 Å². The minimum Gasteiger partial charge on any atom is -0.314 e. The van der Waals surface area contributed by atoms with E-state index < -0.39 is 0 Å². The Morgan fingerprint density at radius 3 is 2.59 bits per heavy atom. The summed E-state index contributed by atoms with van der Waals surface area (Å²) >= 11 is 0. The third kappa shape index (κ3) is 5.87. The third-order valence-corrected chi connectivity index (χ3v) is 4.04. The Hall–Kier alpha value is -0.0800. The fraction of sp³-hybridized carbons (Fsp3) is 1.00. The molecule has 0 aromatic heterocycles. The quantitative estimate of drug-likeness (QED) is 0.655. The smallest absolute Gasteiger partial charge is 0.00388 e. The van der Waals surface area contributed by atoms with Crippen LogP contribution in [0.5, 0.6) is 0 Å². The lowest BCUT2D eigenvalue weighted by Gasteiger charge is -2.21. The molecule has 1 aliphatic rings. The molecule has 1 heterocycles. The summed E-state index contributed by atoms with van der Waals surface area (Å²) in [4.78, 5) is 2.61. The fourth-order valence-electron chi connectivity index (χ4n) is 2.67. The van der Waals surface area contributed by atoms with Crippen LogP contribution in [0.1, 0.15) is 59.8 Å². The highest BCUT2D eigenvalue weighted by Gasteiger charge is 2.23. The number of rotatable bonds is 8. The van der Waals surface area contributed by atoms with Crippen LogP contribution in [0.25, 0.3) is 0 Å². The van der Waals surface area contributed by atoms with E-state index in [1.54, 1.807) is 0 Å². The molecule has 17 heavy (non-hydrogen) atoms. The van der Waals surface area contributed by atoms with Gasteiger partial charge < -0.3 is 10.2 Å². The van der Waals surface area contributed by atoms with E-state index in [1.807, 2.05) is 0 Å². The van der Waals surface area contributed by atoms with E-state index in [0.29, 0.717) is 6.04 Å². The van der Waals surface area contributed by atoms with Crippen LogP contribution in [0, 0.1) is 5.92 Å². The predicted octanol–water partition coefficient (Wildman–Crippen LogP) is 3.28. The van der Waals surface area contributed by atoms with Crippen molar-refractivity contribution in [2.45, 2.75) is 71.9 Å². The highest BCUT2D eigenvalue weighted by molar-refractivity contribution is 4.79. The standard InChI is InChI=1S/C15H32N2/c1-5-6-7-8-14(4)16-11-15-9-10-17(12-15)13(2)3/h13-16H,5-12H2,1-4H3. The zero-order valence-electron chi connectivity index (χ0n) is 12.3. The zero-order valence-corrected chi connectivity index (χ0v) is 12.3. The topological polar surface area (TPSA) is 15.3 Å². The average Bonchev–Trinajstić information content (AvgIpc) is 2.75. The summed E-state index contributed by atoms with van der Waals surface area (Å²) in [6.07, 6.45) is 6.82. The summed E-state index contributed by atoms with van der Waals surface area (Å²) in [6.45, 7) is 13.0. The Bertz CT molecular complexity index is 191. The maximum Gasteiger partial charge on any atom is 0.00388 e. The summed E-state index contributed by atoms with van der Waals surface area (Å²) in [5, 5.41) is 3.72. The van der Waals surface area contributed by atoms with Crippen molar-refractivity contribution in [2.75, 3.05) is 19.6 Å². The van der Waals surface area contributed by atoms with E-state index in [9.17, 15) is 0 Å². The molecule has 2 unspecified atom stereocenters. The molecule has 0 amide bonds. The second kappa shape index (κ2) is 8.10. The van der Waals surface area contributed by atoms with E-state index in [4.69, 9.17) is 0 Å². The molecule has 0 aromatic rings. The summed E-state index contributed by atoms with van der Waals surface area (Å²) in [5.41, 5.74) is 0. The van der Waals surface area contributed by atoms with Crippen LogP contribution in [0.3, 0.4) is 0 Å². The van der Waals surface area contributed by atoms with Crippen molar-refractivity contribution in [3.05, 3.63) is 0 Å². The molecule has 0 saturated carbocycles. The van der Waals surface area contributed by atoms with Gasteiger partial charge in [-0.1, -0.05) is 26.2 Å². The Morgan fingerprint density at radius 2 is 2.00 bits per heavy atom. The summed E-state index contributed by atoms with van der Waals surface area (Å²) < 4.78 is 0. The highest BCUT2D eigenvalue weighted by Crippen LogP contribution is 2.17. The normalized spacial score (nSPS) is 23.5. The zero-order chi connectivity index (χ0) is 12.7. The molecule has 1 fully saturated rings. The molecule has 0 aromatic carbocycles. The van der Waals surface area contributed by atoms with Gasteiger partial charge in [0.15, 0.2) is 0 Å². The molecule has 2 atom stereocenters. The van der Waals surface area contributed by atoms with Gasteiger partial charge in [-0.15, -0.1) is 0 Å². The van der Waals surface area contributed by atoms with Gasteiger partial charge in [0.05, 0.1) is 0 Å². The maximum absolute atomic E-state index is 3.72. The molecule has 102 valence electrons. The maximum atomic E-state index is 3.72. The molecular weight excluding hydrogens is 208 g/mol. The largest absolute Gasteiger partial charge is 0.314 e. The average molecular weight is 240 g/mol. The highest BCUT2D eigenvalue weighted by atomic mass is 15.2. The van der Waals surface area contributed by atoms with Crippen LogP contribution in [-0.4, -0.2) is 36.6 Å². The van der Waals surface area contributed by atoms with Crippen LogP contribution >= 0.6 is 0 Å². The molecular formula is C15H32N2. The number of likely N-dealkylation sites (tertiary alicyclic amines) is 1. The van der Waals surface area contributed by atoms with Gasteiger partial charge in [-0.05, 0) is 52.6 Å². The number of hydrogen-bond acceptors (Lipinski definition) is 2. The number of nitrogens with one attached hydrogen (secondary N) is 1. The van der Waals surface area contributed by atoms with E-state index in [2.05, 4.69) is 37.9 Å². The minimum absolute atomic E-state index is 0.703. The minimum atomic E-state index is 0.703. The molecule has 2 nitrogen and oxygen atoms in total. The molecule has 0 aliphatic carbocycles. The van der Waals surface area contributed by atoms with Gasteiger partial charge >= 0.3 is 0 Å². The van der Waals surface area contributed by atoms with Crippen LogP contribution in [-0.2, 0) is 0 Å². The van der Waals surface area contributed by atoms with Crippen LogP contribution in [0.4, 0.5) is 0 Å². The second-order valence-corrected chi connectivity index (χ2v) is 6.05. The van der Waals surface area contributed by atoms with Gasteiger partial charge in [0.25, 0.3) is 0 Å². The van der Waals surface area contributed by atoms with Gasteiger partial charge in [0, 0.05) is 18.6 Å². The van der Waals surface area contributed by atoms with Crippen LogP contribution in [0.2, 0.25) is 0 Å². The lowest BCUT2D eigenvalue weighted by Crippen LogP contribution is -2.34. The summed E-state index contributed by atoms with van der Waals surface area (Å²) in [5.74, 6) is 0.881. The molecule has 1 N–H and O–H groups in total. The van der Waals surface area contributed by atoms with Gasteiger partial charge in [-0.25, -0.2) is 0 Å². The van der Waals surface area contributed by atoms with Crippen molar-refractivity contribution >= 4 is 0 Å². The van der Waals surface area contributed by atoms with Crippen LogP contribution in [0.15, 0.2) is 0 Å². The van der Waals surface area contributed by atoms with Crippen molar-refractivity contribution in [1.82, 2.24) is 10.2 Å². The van der Waals surface area contributed by atoms with Gasteiger partial charge in [-0.3, -0.25) is 0 Å². The number of nitrogens with zero attached hydrogens (tertiary/aromatic N) is 1. The number of unbranched alkanes of at least 4 members (excludes halogenated alkanes) is 2. The van der Waals surface area contributed by atoms with Gasteiger partial charge in [0.2, 0.25) is 0 Å². The molecule has 0 radical (unpaired) electrons. The van der Waals surface area contributed by atoms with Crippen LogP contribution < -0.4 is 5.32 Å². The summed E-state index contributed by atoms with van der Waals surface area (Å²) in [7, 11) is 0. The van der Waals surface area contributed by atoms with E-state index in [0.717, 1.165) is 12.0 Å². The first-order chi connectivity index (χ1) is 8.13. The van der Waals surface area contributed by atoms with Gasteiger partial charge in [0.1, 0.15) is 0 Å². The Morgan fingerprint density at radius 1 is 1.24 bits per heavy atom. The lowest BCUT2D eigenvalue weighted by atomic mass is 10.1. The fourth-order valence-corrected chi connectivity index (χ4v) is 2.67. The molecule has 2 heteroatoms. The number of hydrogen-bond donors (Lipinski definition) is 1. The van der Waals surface area contributed by atoms with Crippen molar-refractivity contribution in [2.24, 2.45) is 5.92 Å². The third-order valence-electron chi connectivity index (χ3n) is 4.04. The SMILES string of the molecule is CCCCCC(C)NCC1CCN(C(C)C)C1. The van der Waals surface area contributed by atoms with E-state index in [-0.39, 0.29) is 0 Å². The molecule has 1 aliphatic heterocycles. The predicted molar refractivity (Wildman–Crippen MR) is 76.4 cm³/mol. The summed E-state index contributed by atoms with van der Waals surface area (Å²) in [6, 6.07) is 1.43. The molecule has 0 spiro atoms. The molecule has 1 rings (SSSR count). The Kier molecular flexibility index (Phi) is 7.14. The van der Waals surface area contributed by atoms with Crippen molar-refractivity contribution < 1.29 is 0 Å². The first kappa shape index (κ1) is 15.0. The van der Waals surface area contributed by atoms with Gasteiger partial charge in [-0.2, -0.15) is 0 Å². The second-order valence-electron chi connectivity index (χ2n) is 6.05.